The third kappa shape index (κ3) is 2.93. The zero-order valence-corrected chi connectivity index (χ0v) is 11.6. The van der Waals surface area contributed by atoms with Crippen LogP contribution < -0.4 is 15.4 Å². The van der Waals surface area contributed by atoms with E-state index in [9.17, 15) is 8.78 Å². The highest BCUT2D eigenvalue weighted by atomic mass is 19.3. The second-order valence-electron chi connectivity index (χ2n) is 5.34. The molecule has 0 amide bonds. The number of hydrogen-bond acceptors (Lipinski definition) is 3. The Morgan fingerprint density at radius 3 is 2.52 bits per heavy atom. The van der Waals surface area contributed by atoms with E-state index in [1.54, 1.807) is 6.07 Å². The molecule has 1 fully saturated rings. The van der Waals surface area contributed by atoms with Gasteiger partial charge in [-0.05, 0) is 24.3 Å². The van der Waals surface area contributed by atoms with Gasteiger partial charge in [-0.15, -0.1) is 0 Å². The van der Waals surface area contributed by atoms with E-state index in [-0.39, 0.29) is 11.8 Å². The van der Waals surface area contributed by atoms with E-state index in [0.717, 1.165) is 42.4 Å². The molecule has 0 saturated carbocycles. The Morgan fingerprint density at radius 1 is 1.10 bits per heavy atom. The fourth-order valence-electron chi connectivity index (χ4n) is 2.88. The summed E-state index contributed by atoms with van der Waals surface area (Å²) in [5.41, 5.74) is 6.68. The second kappa shape index (κ2) is 5.85. The van der Waals surface area contributed by atoms with E-state index >= 15 is 0 Å². The van der Waals surface area contributed by atoms with Crippen LogP contribution >= 0.6 is 0 Å². The Bertz CT molecular complexity index is 625. The number of halogens is 2. The first-order chi connectivity index (χ1) is 10.1. The third-order valence-corrected chi connectivity index (χ3v) is 3.94. The zero-order valence-electron chi connectivity index (χ0n) is 11.6. The standard InChI is InChI=1S/C16H18F2N2O/c17-16(18)21-14-6-5-11-3-1-2-4-13(11)15(14)20-9-7-12(19)8-10-20/h1-6,12,16H,7-10,19H2. The number of piperidine rings is 1. The van der Waals surface area contributed by atoms with E-state index in [1.807, 2.05) is 30.3 Å². The molecule has 1 aliphatic rings. The summed E-state index contributed by atoms with van der Waals surface area (Å²) in [6.07, 6.45) is 1.72. The lowest BCUT2D eigenvalue weighted by atomic mass is 10.0. The van der Waals surface area contributed by atoms with Crippen molar-refractivity contribution in [2.75, 3.05) is 18.0 Å². The molecule has 5 heteroatoms. The molecule has 21 heavy (non-hydrogen) atoms. The van der Waals surface area contributed by atoms with Gasteiger partial charge in [-0.2, -0.15) is 8.78 Å². The molecule has 0 aliphatic carbocycles. The van der Waals surface area contributed by atoms with E-state index in [0.29, 0.717) is 0 Å². The number of ether oxygens (including phenoxy) is 1. The third-order valence-electron chi connectivity index (χ3n) is 3.94. The van der Waals surface area contributed by atoms with Crippen LogP contribution in [0.5, 0.6) is 5.75 Å². The average molecular weight is 292 g/mol. The zero-order chi connectivity index (χ0) is 14.8. The Morgan fingerprint density at radius 2 is 1.81 bits per heavy atom. The summed E-state index contributed by atoms with van der Waals surface area (Å²) in [7, 11) is 0. The number of alkyl halides is 2. The summed E-state index contributed by atoms with van der Waals surface area (Å²) in [5.74, 6) is 0.235. The molecule has 0 bridgehead atoms. The van der Waals surface area contributed by atoms with Gasteiger partial charge in [0.1, 0.15) is 5.75 Å². The van der Waals surface area contributed by atoms with Gasteiger partial charge >= 0.3 is 6.61 Å². The lowest BCUT2D eigenvalue weighted by molar-refractivity contribution is -0.0494. The van der Waals surface area contributed by atoms with Gasteiger partial charge in [-0.1, -0.05) is 30.3 Å². The quantitative estimate of drug-likeness (QED) is 0.942. The molecule has 1 saturated heterocycles. The van der Waals surface area contributed by atoms with Crippen LogP contribution in [-0.2, 0) is 0 Å². The van der Waals surface area contributed by atoms with Crippen LogP contribution in [0.2, 0.25) is 0 Å². The maximum absolute atomic E-state index is 12.7. The highest BCUT2D eigenvalue weighted by Crippen LogP contribution is 2.38. The van der Waals surface area contributed by atoms with Crippen LogP contribution in [0.1, 0.15) is 12.8 Å². The van der Waals surface area contributed by atoms with Crippen LogP contribution in [-0.4, -0.2) is 25.7 Å². The molecule has 2 N–H and O–H groups in total. The Balaban J connectivity index is 2.07. The van der Waals surface area contributed by atoms with E-state index < -0.39 is 6.61 Å². The van der Waals surface area contributed by atoms with Gasteiger partial charge in [0.25, 0.3) is 0 Å². The predicted octanol–water partition coefficient (Wildman–Crippen LogP) is 3.37. The number of anilines is 1. The van der Waals surface area contributed by atoms with Gasteiger partial charge < -0.3 is 15.4 Å². The Kier molecular flexibility index (Phi) is 3.92. The minimum Gasteiger partial charge on any atom is -0.433 e. The topological polar surface area (TPSA) is 38.5 Å². The fraction of sp³-hybridized carbons (Fsp3) is 0.375. The molecule has 0 radical (unpaired) electrons. The minimum absolute atomic E-state index is 0.190. The van der Waals surface area contributed by atoms with Crippen LogP contribution in [0.3, 0.4) is 0 Å². The number of nitrogens with zero attached hydrogens (tertiary/aromatic N) is 1. The summed E-state index contributed by atoms with van der Waals surface area (Å²) in [4.78, 5) is 2.10. The highest BCUT2D eigenvalue weighted by molar-refractivity contribution is 5.97. The predicted molar refractivity (Wildman–Crippen MR) is 80.0 cm³/mol. The molecule has 0 spiro atoms. The van der Waals surface area contributed by atoms with Crippen molar-refractivity contribution < 1.29 is 13.5 Å². The molecule has 2 aromatic rings. The molecule has 0 atom stereocenters. The summed E-state index contributed by atoms with van der Waals surface area (Å²) in [6, 6.07) is 11.4. The van der Waals surface area contributed by atoms with Crippen LogP contribution in [0.4, 0.5) is 14.5 Å². The lowest BCUT2D eigenvalue weighted by Gasteiger charge is -2.33. The number of nitrogens with two attached hydrogens (primary N) is 1. The van der Waals surface area contributed by atoms with E-state index in [2.05, 4.69) is 4.90 Å². The first kappa shape index (κ1) is 14.1. The smallest absolute Gasteiger partial charge is 0.387 e. The first-order valence-corrected chi connectivity index (χ1v) is 7.12. The first-order valence-electron chi connectivity index (χ1n) is 7.12. The number of hydrogen-bond donors (Lipinski definition) is 1. The molecule has 1 aliphatic heterocycles. The summed E-state index contributed by atoms with van der Waals surface area (Å²) < 4.78 is 30.1. The molecule has 3 nitrogen and oxygen atoms in total. The van der Waals surface area contributed by atoms with Gasteiger partial charge in [0.2, 0.25) is 0 Å². The maximum atomic E-state index is 12.7. The lowest BCUT2D eigenvalue weighted by Crippen LogP contribution is -2.40. The van der Waals surface area contributed by atoms with Crippen LogP contribution in [0, 0.1) is 0 Å². The summed E-state index contributed by atoms with van der Waals surface area (Å²) in [5, 5.41) is 1.95. The SMILES string of the molecule is NC1CCN(c2c(OC(F)F)ccc3ccccc23)CC1. The van der Waals surface area contributed by atoms with Crippen molar-refractivity contribution in [2.24, 2.45) is 5.73 Å². The number of rotatable bonds is 3. The molecule has 0 unspecified atom stereocenters. The van der Waals surface area contributed by atoms with Crippen molar-refractivity contribution in [3.63, 3.8) is 0 Å². The van der Waals surface area contributed by atoms with Crippen LogP contribution in [0.15, 0.2) is 36.4 Å². The van der Waals surface area contributed by atoms with Crippen molar-refractivity contribution >= 4 is 16.5 Å². The van der Waals surface area contributed by atoms with Crippen molar-refractivity contribution in [2.45, 2.75) is 25.5 Å². The Labute approximate surface area is 122 Å². The molecular weight excluding hydrogens is 274 g/mol. The summed E-state index contributed by atoms with van der Waals surface area (Å²) in [6.45, 7) is -1.30. The molecule has 1 heterocycles. The van der Waals surface area contributed by atoms with Gasteiger partial charge in [-0.3, -0.25) is 0 Å². The largest absolute Gasteiger partial charge is 0.433 e. The fourth-order valence-corrected chi connectivity index (χ4v) is 2.88. The summed E-state index contributed by atoms with van der Waals surface area (Å²) >= 11 is 0. The van der Waals surface area contributed by atoms with Crippen molar-refractivity contribution in [3.05, 3.63) is 36.4 Å². The molecular formula is C16H18F2N2O. The van der Waals surface area contributed by atoms with Crippen molar-refractivity contribution in [1.82, 2.24) is 0 Å². The van der Waals surface area contributed by atoms with Gasteiger partial charge in [-0.25, -0.2) is 0 Å². The van der Waals surface area contributed by atoms with Gasteiger partial charge in [0, 0.05) is 24.5 Å². The molecule has 112 valence electrons. The van der Waals surface area contributed by atoms with E-state index in [1.165, 1.54) is 0 Å². The number of fused-ring (bicyclic) bond motifs is 1. The number of benzene rings is 2. The van der Waals surface area contributed by atoms with Crippen molar-refractivity contribution in [3.8, 4) is 5.75 Å². The van der Waals surface area contributed by atoms with Crippen molar-refractivity contribution in [1.29, 1.82) is 0 Å². The molecule has 0 aromatic heterocycles. The van der Waals surface area contributed by atoms with Gasteiger partial charge in [0.15, 0.2) is 0 Å². The maximum Gasteiger partial charge on any atom is 0.387 e. The normalized spacial score (nSPS) is 16.7. The monoisotopic (exact) mass is 292 g/mol. The highest BCUT2D eigenvalue weighted by Gasteiger charge is 2.22. The Hall–Kier alpha value is -1.88. The van der Waals surface area contributed by atoms with Gasteiger partial charge in [0.05, 0.1) is 5.69 Å². The van der Waals surface area contributed by atoms with Crippen LogP contribution in [0.25, 0.3) is 10.8 Å². The minimum atomic E-state index is -2.82. The molecule has 2 aromatic carbocycles. The molecule has 3 rings (SSSR count). The average Bonchev–Trinajstić information content (AvgIpc) is 2.48. The van der Waals surface area contributed by atoms with E-state index in [4.69, 9.17) is 10.5 Å². The second-order valence-corrected chi connectivity index (χ2v) is 5.34.